The maximum absolute atomic E-state index is 12.1. The van der Waals surface area contributed by atoms with Crippen LogP contribution in [0.25, 0.3) is 0 Å². The van der Waals surface area contributed by atoms with Crippen molar-refractivity contribution in [3.8, 4) is 0 Å². The van der Waals surface area contributed by atoms with Crippen molar-refractivity contribution in [2.45, 2.75) is 60.1 Å². The minimum Gasteiger partial charge on any atom is -0.444 e. The summed E-state index contributed by atoms with van der Waals surface area (Å²) in [5.41, 5.74) is -0.407. The van der Waals surface area contributed by atoms with E-state index in [9.17, 15) is 4.79 Å². The van der Waals surface area contributed by atoms with Gasteiger partial charge in [0.05, 0.1) is 0 Å². The molecule has 0 aromatic rings. The molecular weight excluding hydrogens is 214 g/mol. The average molecular weight is 241 g/mol. The van der Waals surface area contributed by atoms with Crippen molar-refractivity contribution in [3.63, 3.8) is 0 Å². The fourth-order valence-electron chi connectivity index (χ4n) is 3.06. The van der Waals surface area contributed by atoms with Crippen molar-refractivity contribution >= 4 is 6.09 Å². The van der Waals surface area contributed by atoms with Crippen LogP contribution in [0, 0.1) is 17.8 Å². The zero-order chi connectivity index (χ0) is 13.4. The standard InChI is InChI=1S/C14H27NO2/c1-9(2)12-10(3)8-15(11(12)4)13(16)17-14(5,6)7/h9-12H,8H2,1-7H3/t10-,11-,12-/m0/s1. The lowest BCUT2D eigenvalue weighted by Crippen LogP contribution is -2.40. The van der Waals surface area contributed by atoms with Crippen LogP contribution in [0.1, 0.15) is 48.5 Å². The second kappa shape index (κ2) is 4.87. The average Bonchev–Trinajstić information content (AvgIpc) is 2.38. The lowest BCUT2D eigenvalue weighted by Gasteiger charge is -2.29. The molecule has 3 atom stereocenters. The van der Waals surface area contributed by atoms with Crippen LogP contribution in [0.3, 0.4) is 0 Å². The Morgan fingerprint density at radius 3 is 2.18 bits per heavy atom. The molecular formula is C14H27NO2. The Bertz CT molecular complexity index is 280. The van der Waals surface area contributed by atoms with Crippen LogP contribution >= 0.6 is 0 Å². The lowest BCUT2D eigenvalue weighted by atomic mass is 9.83. The number of carbonyl (C=O) groups is 1. The molecule has 0 bridgehead atoms. The zero-order valence-electron chi connectivity index (χ0n) is 12.3. The van der Waals surface area contributed by atoms with Gasteiger partial charge in [-0.1, -0.05) is 20.8 Å². The number of likely N-dealkylation sites (tertiary alicyclic amines) is 1. The van der Waals surface area contributed by atoms with E-state index in [0.29, 0.717) is 17.8 Å². The van der Waals surface area contributed by atoms with Crippen LogP contribution in [0.5, 0.6) is 0 Å². The van der Waals surface area contributed by atoms with Crippen molar-refractivity contribution in [2.75, 3.05) is 6.54 Å². The van der Waals surface area contributed by atoms with Gasteiger partial charge in [-0.3, -0.25) is 0 Å². The molecule has 0 aromatic heterocycles. The van der Waals surface area contributed by atoms with Gasteiger partial charge in [0, 0.05) is 12.6 Å². The molecule has 0 unspecified atom stereocenters. The Labute approximate surface area is 106 Å². The van der Waals surface area contributed by atoms with Gasteiger partial charge in [0.15, 0.2) is 0 Å². The number of hydrogen-bond acceptors (Lipinski definition) is 2. The first-order valence-corrected chi connectivity index (χ1v) is 6.63. The third kappa shape index (κ3) is 3.36. The molecule has 3 heteroatoms. The van der Waals surface area contributed by atoms with Gasteiger partial charge in [-0.2, -0.15) is 0 Å². The van der Waals surface area contributed by atoms with Crippen LogP contribution < -0.4 is 0 Å². The van der Waals surface area contributed by atoms with E-state index < -0.39 is 5.60 Å². The number of amides is 1. The Morgan fingerprint density at radius 1 is 1.29 bits per heavy atom. The fourth-order valence-corrected chi connectivity index (χ4v) is 3.06. The molecule has 0 N–H and O–H groups in total. The predicted molar refractivity (Wildman–Crippen MR) is 69.9 cm³/mol. The fraction of sp³-hybridized carbons (Fsp3) is 0.929. The van der Waals surface area contributed by atoms with Gasteiger partial charge in [-0.05, 0) is 45.4 Å². The maximum atomic E-state index is 12.1. The van der Waals surface area contributed by atoms with Gasteiger partial charge >= 0.3 is 6.09 Å². The van der Waals surface area contributed by atoms with E-state index in [1.807, 2.05) is 25.7 Å². The molecule has 17 heavy (non-hydrogen) atoms. The third-order valence-corrected chi connectivity index (χ3v) is 3.59. The summed E-state index contributed by atoms with van der Waals surface area (Å²) < 4.78 is 5.46. The van der Waals surface area contributed by atoms with E-state index in [1.165, 1.54) is 0 Å². The minimum atomic E-state index is -0.407. The molecule has 0 saturated carbocycles. The molecule has 0 spiro atoms. The predicted octanol–water partition coefficient (Wildman–Crippen LogP) is 3.53. The van der Waals surface area contributed by atoms with E-state index in [0.717, 1.165) is 6.54 Å². The summed E-state index contributed by atoms with van der Waals surface area (Å²) in [6.45, 7) is 15.4. The summed E-state index contributed by atoms with van der Waals surface area (Å²) in [4.78, 5) is 14.0. The third-order valence-electron chi connectivity index (χ3n) is 3.59. The number of hydrogen-bond donors (Lipinski definition) is 0. The van der Waals surface area contributed by atoms with Crippen molar-refractivity contribution in [1.82, 2.24) is 4.90 Å². The van der Waals surface area contributed by atoms with E-state index >= 15 is 0 Å². The van der Waals surface area contributed by atoms with E-state index in [1.54, 1.807) is 0 Å². The minimum absolute atomic E-state index is 0.167. The van der Waals surface area contributed by atoms with E-state index in [2.05, 4.69) is 27.7 Å². The molecule has 3 nitrogen and oxygen atoms in total. The van der Waals surface area contributed by atoms with Crippen molar-refractivity contribution in [1.29, 1.82) is 0 Å². The van der Waals surface area contributed by atoms with Gasteiger partial charge < -0.3 is 9.64 Å². The van der Waals surface area contributed by atoms with Crippen molar-refractivity contribution in [3.05, 3.63) is 0 Å². The number of nitrogens with zero attached hydrogens (tertiary/aromatic N) is 1. The molecule has 1 aliphatic rings. The summed E-state index contributed by atoms with van der Waals surface area (Å²) in [6.07, 6.45) is -0.167. The highest BCUT2D eigenvalue weighted by molar-refractivity contribution is 5.69. The number of rotatable bonds is 1. The van der Waals surface area contributed by atoms with Crippen LogP contribution in [0.15, 0.2) is 0 Å². The second-order valence-corrected chi connectivity index (χ2v) is 6.67. The normalized spacial score (nSPS) is 29.9. The smallest absolute Gasteiger partial charge is 0.410 e. The Kier molecular flexibility index (Phi) is 4.11. The van der Waals surface area contributed by atoms with Gasteiger partial charge in [0.1, 0.15) is 5.60 Å². The van der Waals surface area contributed by atoms with Gasteiger partial charge in [-0.15, -0.1) is 0 Å². The van der Waals surface area contributed by atoms with Crippen LogP contribution in [-0.2, 0) is 4.74 Å². The molecule has 1 fully saturated rings. The van der Waals surface area contributed by atoms with Gasteiger partial charge in [0.25, 0.3) is 0 Å². The molecule has 1 rings (SSSR count). The summed E-state index contributed by atoms with van der Waals surface area (Å²) in [5.74, 6) is 1.73. The van der Waals surface area contributed by atoms with Gasteiger partial charge in [0.2, 0.25) is 0 Å². The topological polar surface area (TPSA) is 29.5 Å². The summed E-state index contributed by atoms with van der Waals surface area (Å²) in [6, 6.07) is 0.278. The maximum Gasteiger partial charge on any atom is 0.410 e. The highest BCUT2D eigenvalue weighted by atomic mass is 16.6. The summed E-state index contributed by atoms with van der Waals surface area (Å²) in [5, 5.41) is 0. The molecule has 1 heterocycles. The molecule has 1 aliphatic heterocycles. The SMILES string of the molecule is CC(C)[C@H]1[C@@H](C)CN(C(=O)OC(C)(C)C)[C@H]1C. The summed E-state index contributed by atoms with van der Waals surface area (Å²) in [7, 11) is 0. The molecule has 0 radical (unpaired) electrons. The second-order valence-electron chi connectivity index (χ2n) is 6.67. The Morgan fingerprint density at radius 2 is 1.82 bits per heavy atom. The number of ether oxygens (including phenoxy) is 1. The van der Waals surface area contributed by atoms with Gasteiger partial charge in [-0.25, -0.2) is 4.79 Å². The monoisotopic (exact) mass is 241 g/mol. The van der Waals surface area contributed by atoms with Crippen molar-refractivity contribution in [2.24, 2.45) is 17.8 Å². The highest BCUT2D eigenvalue weighted by Crippen LogP contribution is 2.35. The molecule has 100 valence electrons. The lowest BCUT2D eigenvalue weighted by molar-refractivity contribution is 0.0214. The first-order valence-electron chi connectivity index (χ1n) is 6.63. The highest BCUT2D eigenvalue weighted by Gasteiger charge is 2.41. The van der Waals surface area contributed by atoms with Crippen LogP contribution in [0.4, 0.5) is 4.79 Å². The Balaban J connectivity index is 2.72. The van der Waals surface area contributed by atoms with Crippen LogP contribution in [-0.4, -0.2) is 29.2 Å². The van der Waals surface area contributed by atoms with Crippen molar-refractivity contribution < 1.29 is 9.53 Å². The molecule has 1 amide bonds. The molecule has 0 aromatic carbocycles. The first kappa shape index (κ1) is 14.3. The zero-order valence-corrected chi connectivity index (χ0v) is 12.3. The molecule has 1 saturated heterocycles. The Hall–Kier alpha value is -0.730. The summed E-state index contributed by atoms with van der Waals surface area (Å²) >= 11 is 0. The molecule has 0 aliphatic carbocycles. The largest absolute Gasteiger partial charge is 0.444 e. The van der Waals surface area contributed by atoms with E-state index in [-0.39, 0.29) is 12.1 Å². The quantitative estimate of drug-likeness (QED) is 0.703. The van der Waals surface area contributed by atoms with E-state index in [4.69, 9.17) is 4.74 Å². The first-order chi connectivity index (χ1) is 7.63. The number of carbonyl (C=O) groups excluding carboxylic acids is 1. The van der Waals surface area contributed by atoms with Crippen LogP contribution in [0.2, 0.25) is 0 Å².